The molecule has 1 heterocycles. The molecule has 2 aliphatic rings. The first kappa shape index (κ1) is 12.6. The number of rotatable bonds is 3. The van der Waals surface area contributed by atoms with E-state index in [4.69, 9.17) is 4.74 Å². The summed E-state index contributed by atoms with van der Waals surface area (Å²) in [5.41, 5.74) is -0.882. The molecule has 1 saturated heterocycles. The van der Waals surface area contributed by atoms with Crippen molar-refractivity contribution in [2.75, 3.05) is 19.8 Å². The van der Waals surface area contributed by atoms with Crippen molar-refractivity contribution < 1.29 is 9.84 Å². The molecule has 1 aliphatic carbocycles. The standard InChI is InChI=1S/C13H20N2O2/c1-2-7-15-11-5-3-4-6-12(11)17-10-13(15,8-14)9-16/h2,11-12,16H,1,3-7,9-10H2. The third kappa shape index (κ3) is 2.11. The Balaban J connectivity index is 2.25. The van der Waals surface area contributed by atoms with E-state index >= 15 is 0 Å². The molecule has 0 aromatic carbocycles. The van der Waals surface area contributed by atoms with Gasteiger partial charge in [-0.1, -0.05) is 18.9 Å². The van der Waals surface area contributed by atoms with Gasteiger partial charge in [-0.15, -0.1) is 6.58 Å². The lowest BCUT2D eigenvalue weighted by Gasteiger charge is -2.51. The van der Waals surface area contributed by atoms with Crippen molar-refractivity contribution in [1.29, 1.82) is 5.26 Å². The van der Waals surface area contributed by atoms with Gasteiger partial charge in [0.25, 0.3) is 0 Å². The number of aliphatic hydroxyl groups is 1. The van der Waals surface area contributed by atoms with Crippen LogP contribution in [0.15, 0.2) is 12.7 Å². The summed E-state index contributed by atoms with van der Waals surface area (Å²) in [6.07, 6.45) is 6.50. The van der Waals surface area contributed by atoms with E-state index in [9.17, 15) is 10.4 Å². The van der Waals surface area contributed by atoms with Gasteiger partial charge in [0.1, 0.15) is 0 Å². The molecule has 0 amide bonds. The Morgan fingerprint density at radius 3 is 2.94 bits per heavy atom. The molecular formula is C13H20N2O2. The number of hydrogen-bond acceptors (Lipinski definition) is 4. The van der Waals surface area contributed by atoms with Crippen LogP contribution in [0, 0.1) is 11.3 Å². The molecule has 2 fully saturated rings. The Labute approximate surface area is 102 Å². The Morgan fingerprint density at radius 2 is 2.29 bits per heavy atom. The first-order valence-electron chi connectivity index (χ1n) is 6.29. The van der Waals surface area contributed by atoms with Crippen LogP contribution in [0.1, 0.15) is 25.7 Å². The lowest BCUT2D eigenvalue weighted by molar-refractivity contribution is -0.149. The highest BCUT2D eigenvalue weighted by Gasteiger charge is 2.48. The topological polar surface area (TPSA) is 56.5 Å². The molecule has 1 aliphatic heterocycles. The van der Waals surface area contributed by atoms with Crippen molar-refractivity contribution in [3.8, 4) is 6.07 Å². The maximum Gasteiger partial charge on any atom is 0.156 e. The van der Waals surface area contributed by atoms with Crippen LogP contribution in [0.4, 0.5) is 0 Å². The van der Waals surface area contributed by atoms with Crippen LogP contribution >= 0.6 is 0 Å². The molecule has 1 N–H and O–H groups in total. The Hall–Kier alpha value is -0.890. The first-order chi connectivity index (χ1) is 8.27. The average molecular weight is 236 g/mol. The lowest BCUT2D eigenvalue weighted by Crippen LogP contribution is -2.66. The molecule has 2 rings (SSSR count). The highest BCUT2D eigenvalue weighted by molar-refractivity contribution is 5.14. The molecule has 1 saturated carbocycles. The Morgan fingerprint density at radius 1 is 1.53 bits per heavy atom. The third-order valence-corrected chi connectivity index (χ3v) is 3.95. The van der Waals surface area contributed by atoms with Crippen molar-refractivity contribution in [2.45, 2.75) is 43.4 Å². The van der Waals surface area contributed by atoms with Crippen molar-refractivity contribution in [1.82, 2.24) is 4.90 Å². The molecule has 0 aromatic rings. The van der Waals surface area contributed by atoms with E-state index < -0.39 is 5.54 Å². The van der Waals surface area contributed by atoms with Crippen LogP contribution in [-0.2, 0) is 4.74 Å². The van der Waals surface area contributed by atoms with E-state index in [1.54, 1.807) is 6.08 Å². The van der Waals surface area contributed by atoms with Crippen molar-refractivity contribution >= 4 is 0 Å². The van der Waals surface area contributed by atoms with Gasteiger partial charge in [0, 0.05) is 12.6 Å². The van der Waals surface area contributed by atoms with E-state index in [0.717, 1.165) is 12.8 Å². The Bertz CT molecular complexity index is 326. The molecule has 4 heteroatoms. The predicted molar refractivity (Wildman–Crippen MR) is 64.3 cm³/mol. The maximum atomic E-state index is 9.55. The van der Waals surface area contributed by atoms with Gasteiger partial charge in [-0.2, -0.15) is 5.26 Å². The molecule has 17 heavy (non-hydrogen) atoms. The van der Waals surface area contributed by atoms with E-state index in [1.165, 1.54) is 12.8 Å². The molecule has 0 bridgehead atoms. The summed E-state index contributed by atoms with van der Waals surface area (Å²) >= 11 is 0. The van der Waals surface area contributed by atoms with Crippen LogP contribution in [0.5, 0.6) is 0 Å². The van der Waals surface area contributed by atoms with Gasteiger partial charge in [-0.3, -0.25) is 4.90 Å². The second kappa shape index (κ2) is 5.18. The molecule has 3 atom stereocenters. The monoisotopic (exact) mass is 236 g/mol. The van der Waals surface area contributed by atoms with Crippen LogP contribution in [0.2, 0.25) is 0 Å². The molecular weight excluding hydrogens is 216 g/mol. The van der Waals surface area contributed by atoms with E-state index in [2.05, 4.69) is 17.5 Å². The van der Waals surface area contributed by atoms with Gasteiger partial charge in [-0.05, 0) is 12.8 Å². The quantitative estimate of drug-likeness (QED) is 0.745. The summed E-state index contributed by atoms with van der Waals surface area (Å²) in [4.78, 5) is 2.09. The lowest BCUT2D eigenvalue weighted by atomic mass is 9.85. The van der Waals surface area contributed by atoms with Crippen LogP contribution in [-0.4, -0.2) is 47.4 Å². The summed E-state index contributed by atoms with van der Waals surface area (Å²) in [7, 11) is 0. The fourth-order valence-corrected chi connectivity index (χ4v) is 2.99. The molecule has 3 unspecified atom stereocenters. The van der Waals surface area contributed by atoms with Crippen molar-refractivity contribution in [3.63, 3.8) is 0 Å². The Kier molecular flexibility index (Phi) is 3.82. The highest BCUT2D eigenvalue weighted by atomic mass is 16.5. The fourth-order valence-electron chi connectivity index (χ4n) is 2.99. The smallest absolute Gasteiger partial charge is 0.156 e. The van der Waals surface area contributed by atoms with Gasteiger partial charge >= 0.3 is 0 Å². The third-order valence-electron chi connectivity index (χ3n) is 3.95. The molecule has 0 aromatic heterocycles. The van der Waals surface area contributed by atoms with Gasteiger partial charge in [0.2, 0.25) is 0 Å². The van der Waals surface area contributed by atoms with E-state index in [1.807, 2.05) is 0 Å². The second-order valence-electron chi connectivity index (χ2n) is 4.94. The zero-order valence-corrected chi connectivity index (χ0v) is 10.1. The van der Waals surface area contributed by atoms with Crippen molar-refractivity contribution in [3.05, 3.63) is 12.7 Å². The van der Waals surface area contributed by atoms with Crippen LogP contribution in [0.25, 0.3) is 0 Å². The molecule has 4 nitrogen and oxygen atoms in total. The van der Waals surface area contributed by atoms with Crippen molar-refractivity contribution in [2.24, 2.45) is 0 Å². The van der Waals surface area contributed by atoms with Crippen LogP contribution in [0.3, 0.4) is 0 Å². The number of aliphatic hydroxyl groups excluding tert-OH is 1. The number of morpholine rings is 1. The largest absolute Gasteiger partial charge is 0.393 e. The SMILES string of the molecule is C=CCN1C2CCCCC2OCC1(C#N)CO. The predicted octanol–water partition coefficient (Wildman–Crippen LogP) is 1.07. The van der Waals surface area contributed by atoms with E-state index in [0.29, 0.717) is 13.2 Å². The molecule has 0 spiro atoms. The normalized spacial score (nSPS) is 38.1. The maximum absolute atomic E-state index is 9.55. The second-order valence-corrected chi connectivity index (χ2v) is 4.94. The summed E-state index contributed by atoms with van der Waals surface area (Å²) in [6.45, 7) is 4.51. The summed E-state index contributed by atoms with van der Waals surface area (Å²) in [6, 6.07) is 2.49. The molecule has 94 valence electrons. The van der Waals surface area contributed by atoms with Gasteiger partial charge < -0.3 is 9.84 Å². The minimum atomic E-state index is -0.882. The fraction of sp³-hybridized carbons (Fsp3) is 0.769. The van der Waals surface area contributed by atoms with E-state index in [-0.39, 0.29) is 18.8 Å². The van der Waals surface area contributed by atoms with Gasteiger partial charge in [-0.25, -0.2) is 0 Å². The zero-order valence-electron chi connectivity index (χ0n) is 10.1. The highest BCUT2D eigenvalue weighted by Crippen LogP contribution is 2.35. The van der Waals surface area contributed by atoms with Gasteiger partial charge in [0.15, 0.2) is 5.54 Å². The minimum absolute atomic E-state index is 0.180. The first-order valence-corrected chi connectivity index (χ1v) is 6.29. The number of nitrogens with zero attached hydrogens (tertiary/aromatic N) is 2. The average Bonchev–Trinajstić information content (AvgIpc) is 2.40. The summed E-state index contributed by atoms with van der Waals surface area (Å²) in [5.74, 6) is 0. The molecule has 0 radical (unpaired) electrons. The number of nitriles is 1. The summed E-state index contributed by atoms with van der Waals surface area (Å²) < 4.78 is 5.80. The number of hydrogen-bond donors (Lipinski definition) is 1. The zero-order chi connectivity index (χ0) is 12.3. The van der Waals surface area contributed by atoms with Gasteiger partial charge in [0.05, 0.1) is 25.4 Å². The van der Waals surface area contributed by atoms with Crippen LogP contribution < -0.4 is 0 Å². The minimum Gasteiger partial charge on any atom is -0.393 e. The summed E-state index contributed by atoms with van der Waals surface area (Å²) in [5, 5.41) is 18.9. The number of ether oxygens (including phenoxy) is 1. The number of fused-ring (bicyclic) bond motifs is 1.